The third kappa shape index (κ3) is 5.05. The average Bonchev–Trinajstić information content (AvgIpc) is 3.05. The zero-order valence-corrected chi connectivity index (χ0v) is 18.1. The van der Waals surface area contributed by atoms with Gasteiger partial charge in [0.05, 0.1) is 18.7 Å². The summed E-state index contributed by atoms with van der Waals surface area (Å²) in [5.41, 5.74) is 0.295. The Labute approximate surface area is 178 Å². The Morgan fingerprint density at radius 1 is 1.27 bits per heavy atom. The van der Waals surface area contributed by atoms with E-state index in [-0.39, 0.29) is 27.6 Å². The summed E-state index contributed by atoms with van der Waals surface area (Å²) in [6.45, 7) is 3.90. The molecule has 0 aromatic heterocycles. The van der Waals surface area contributed by atoms with E-state index in [1.807, 2.05) is 19.9 Å². The van der Waals surface area contributed by atoms with Crippen LogP contribution in [0.3, 0.4) is 0 Å². The van der Waals surface area contributed by atoms with Crippen molar-refractivity contribution in [2.45, 2.75) is 23.8 Å². The fourth-order valence-electron chi connectivity index (χ4n) is 2.98. The number of carbonyl (C=O) groups is 1. The molecule has 144 valence electrons. The van der Waals surface area contributed by atoms with Crippen molar-refractivity contribution >= 4 is 69.6 Å². The van der Waals surface area contributed by atoms with Crippen LogP contribution in [0.4, 0.5) is 5.69 Å². The molecule has 1 aliphatic rings. The highest BCUT2D eigenvalue weighted by Gasteiger charge is 2.61. The number of halogens is 5. The summed E-state index contributed by atoms with van der Waals surface area (Å²) < 4.78 is 3.62. The van der Waals surface area contributed by atoms with Gasteiger partial charge in [-0.25, -0.2) is 0 Å². The van der Waals surface area contributed by atoms with Gasteiger partial charge in [-0.1, -0.05) is 84.0 Å². The van der Waals surface area contributed by atoms with Crippen LogP contribution in [0.2, 0.25) is 0 Å². The molecule has 2 N–H and O–H groups in total. The second-order valence-electron chi connectivity index (χ2n) is 6.61. The minimum Gasteiger partial charge on any atom is -0.495 e. The van der Waals surface area contributed by atoms with Gasteiger partial charge in [0, 0.05) is 0 Å². The van der Waals surface area contributed by atoms with Crippen molar-refractivity contribution < 1.29 is 9.53 Å². The lowest BCUT2D eigenvalue weighted by Crippen LogP contribution is -2.50. The molecule has 1 saturated carbocycles. The maximum absolute atomic E-state index is 12.7. The molecule has 26 heavy (non-hydrogen) atoms. The van der Waals surface area contributed by atoms with Gasteiger partial charge in [-0.3, -0.25) is 4.79 Å². The molecule has 1 aliphatic carbocycles. The number of methoxy groups -OCH3 is 1. The van der Waals surface area contributed by atoms with Gasteiger partial charge in [-0.05, 0) is 29.5 Å². The first kappa shape index (κ1) is 21.8. The number of hydrogen-bond donors (Lipinski definition) is 2. The van der Waals surface area contributed by atoms with Crippen molar-refractivity contribution in [2.75, 3.05) is 12.4 Å². The van der Waals surface area contributed by atoms with Crippen molar-refractivity contribution in [3.63, 3.8) is 0 Å². The summed E-state index contributed by atoms with van der Waals surface area (Å²) in [5.74, 6) is -0.119. The Bertz CT molecular complexity index is 699. The van der Waals surface area contributed by atoms with Crippen LogP contribution in [0.1, 0.15) is 13.8 Å². The maximum atomic E-state index is 12.7. The van der Waals surface area contributed by atoms with Gasteiger partial charge < -0.3 is 15.4 Å². The zero-order valence-electron chi connectivity index (χ0n) is 14.3. The van der Waals surface area contributed by atoms with Crippen LogP contribution in [0, 0.1) is 17.3 Å². The molecule has 9 heteroatoms. The van der Waals surface area contributed by atoms with Crippen LogP contribution in [0.15, 0.2) is 34.8 Å². The van der Waals surface area contributed by atoms with E-state index in [4.69, 9.17) is 62.7 Å². The second-order valence-corrected chi connectivity index (χ2v) is 9.99. The number of carbonyl (C=O) groups excluding carboxylic acids is 1. The normalized spacial score (nSPS) is 22.2. The van der Waals surface area contributed by atoms with Gasteiger partial charge in [0.1, 0.15) is 16.4 Å². The predicted octanol–water partition coefficient (Wildman–Crippen LogP) is 5.51. The zero-order chi connectivity index (χ0) is 19.7. The molecule has 3 atom stereocenters. The first-order valence-corrected chi connectivity index (χ1v) is 9.67. The van der Waals surface area contributed by atoms with Crippen molar-refractivity contribution in [2.24, 2.45) is 17.3 Å². The highest BCUT2D eigenvalue weighted by molar-refractivity contribution is 6.68. The number of allylic oxidation sites excluding steroid dienone is 1. The van der Waals surface area contributed by atoms with Crippen LogP contribution < -0.4 is 15.4 Å². The molecule has 0 unspecified atom stereocenters. The number of ether oxygens (including phenoxy) is 1. The summed E-state index contributed by atoms with van der Waals surface area (Å²) in [6.07, 6.45) is 0.689. The number of hydrogen-bond acceptors (Lipinski definition) is 3. The predicted molar refractivity (Wildman–Crippen MR) is 109 cm³/mol. The van der Waals surface area contributed by atoms with Crippen LogP contribution in [0.25, 0.3) is 0 Å². The number of para-hydroxylation sites is 2. The first-order valence-electron chi connectivity index (χ1n) is 7.78. The number of anilines is 1. The highest BCUT2D eigenvalue weighted by atomic mass is 35.6. The molecule has 2 rings (SSSR count). The molecule has 1 amide bonds. The minimum atomic E-state index is -1.79. The number of amides is 1. The molecule has 0 saturated heterocycles. The fourth-order valence-corrected chi connectivity index (χ4v) is 3.58. The van der Waals surface area contributed by atoms with Crippen molar-refractivity contribution in [1.29, 1.82) is 0 Å². The summed E-state index contributed by atoms with van der Waals surface area (Å²) in [7, 11) is 1.53. The van der Waals surface area contributed by atoms with Gasteiger partial charge >= 0.3 is 0 Å². The Morgan fingerprint density at radius 3 is 2.42 bits per heavy atom. The Hall–Kier alpha value is -0.520. The lowest BCUT2D eigenvalue weighted by Gasteiger charge is -2.28. The van der Waals surface area contributed by atoms with Crippen molar-refractivity contribution in [3.8, 4) is 5.75 Å². The van der Waals surface area contributed by atoms with Crippen LogP contribution >= 0.6 is 58.0 Å². The number of nitrogens with one attached hydrogen (secondary N) is 2. The SMILES string of the molecule is COc1ccccc1N[C@@H](NC(=O)[C@@H]1[C@H](C=C(Cl)Cl)C1(C)C)C(Cl)(Cl)Cl. The third-order valence-corrected chi connectivity index (χ3v) is 5.43. The molecular formula is C17H19Cl5N2O2. The third-order valence-electron chi connectivity index (χ3n) is 4.52. The van der Waals surface area contributed by atoms with Crippen LogP contribution in [0.5, 0.6) is 5.75 Å². The van der Waals surface area contributed by atoms with E-state index in [1.165, 1.54) is 7.11 Å². The van der Waals surface area contributed by atoms with Gasteiger partial charge in [0.15, 0.2) is 0 Å². The monoisotopic (exact) mass is 458 g/mol. The topological polar surface area (TPSA) is 50.4 Å². The lowest BCUT2D eigenvalue weighted by atomic mass is 10.1. The Kier molecular flexibility index (Phi) is 6.90. The molecule has 0 bridgehead atoms. The highest BCUT2D eigenvalue weighted by Crippen LogP contribution is 2.59. The van der Waals surface area contributed by atoms with Gasteiger partial charge in [0.2, 0.25) is 9.70 Å². The van der Waals surface area contributed by atoms with Gasteiger partial charge in [-0.15, -0.1) is 0 Å². The first-order chi connectivity index (χ1) is 12.0. The smallest absolute Gasteiger partial charge is 0.228 e. The van der Waals surface area contributed by atoms with Crippen molar-refractivity contribution in [1.82, 2.24) is 5.32 Å². The summed E-state index contributed by atoms with van der Waals surface area (Å²) in [4.78, 5) is 12.7. The molecule has 0 heterocycles. The summed E-state index contributed by atoms with van der Waals surface area (Å²) in [6, 6.07) is 7.13. The molecule has 4 nitrogen and oxygen atoms in total. The van der Waals surface area contributed by atoms with E-state index in [9.17, 15) is 4.79 Å². The van der Waals surface area contributed by atoms with E-state index in [0.29, 0.717) is 11.4 Å². The summed E-state index contributed by atoms with van der Waals surface area (Å²) >= 11 is 29.7. The van der Waals surface area contributed by atoms with Crippen LogP contribution in [-0.2, 0) is 4.79 Å². The van der Waals surface area contributed by atoms with Gasteiger partial charge in [0.25, 0.3) is 0 Å². The quantitative estimate of drug-likeness (QED) is 0.435. The molecular weight excluding hydrogens is 441 g/mol. The van der Waals surface area contributed by atoms with E-state index < -0.39 is 9.96 Å². The fraction of sp³-hybridized carbons (Fsp3) is 0.471. The molecule has 0 radical (unpaired) electrons. The Balaban J connectivity index is 2.17. The lowest BCUT2D eigenvalue weighted by molar-refractivity contribution is -0.123. The van der Waals surface area contributed by atoms with E-state index >= 15 is 0 Å². The van der Waals surface area contributed by atoms with Gasteiger partial charge in [-0.2, -0.15) is 0 Å². The molecule has 1 aromatic carbocycles. The van der Waals surface area contributed by atoms with E-state index in [2.05, 4.69) is 10.6 Å². The summed E-state index contributed by atoms with van der Waals surface area (Å²) in [5, 5.41) is 5.78. The largest absolute Gasteiger partial charge is 0.495 e. The molecule has 1 aromatic rings. The van der Waals surface area contributed by atoms with Crippen LogP contribution in [-0.4, -0.2) is 23.0 Å². The van der Waals surface area contributed by atoms with E-state index in [0.717, 1.165) is 0 Å². The number of rotatable bonds is 6. The average molecular weight is 461 g/mol. The maximum Gasteiger partial charge on any atom is 0.228 e. The number of benzene rings is 1. The van der Waals surface area contributed by atoms with Crippen molar-refractivity contribution in [3.05, 3.63) is 34.8 Å². The van der Waals surface area contributed by atoms with E-state index in [1.54, 1.807) is 24.3 Å². The second kappa shape index (κ2) is 8.24. The molecule has 0 spiro atoms. The number of alkyl halides is 3. The molecule has 1 fully saturated rings. The molecule has 0 aliphatic heterocycles. The Morgan fingerprint density at radius 2 is 1.88 bits per heavy atom. The standard InChI is InChI=1S/C17H19Cl5N2O2/c1-16(2)9(8-12(18)19)13(16)14(25)24-15(17(20,21)22)23-10-6-4-5-7-11(10)26-3/h4-9,13,15,23H,1-3H3,(H,24,25)/t9-,13-,15-/m0/s1. The minimum absolute atomic E-state index is 0.0882.